The Balaban J connectivity index is 1.79. The standard InChI is InChI=1S/C15H18F2N2O3/c1-21-9-10-2-3-18(8-10)15(20)19-4-5-22-14-7-12(17)11(16)6-13(14)19/h6-7,10H,2-5,8-9H2,1H3. The Labute approximate surface area is 127 Å². The summed E-state index contributed by atoms with van der Waals surface area (Å²) < 4.78 is 37.2. The third-order valence-corrected chi connectivity index (χ3v) is 4.05. The second-order valence-corrected chi connectivity index (χ2v) is 5.57. The maximum absolute atomic E-state index is 13.5. The molecule has 22 heavy (non-hydrogen) atoms. The fraction of sp³-hybridized carbons (Fsp3) is 0.533. The SMILES string of the molecule is COCC1CCN(C(=O)N2CCOc3cc(F)c(F)cc32)C1. The van der Waals surface area contributed by atoms with E-state index in [-0.39, 0.29) is 24.1 Å². The molecule has 5 nitrogen and oxygen atoms in total. The molecule has 3 rings (SSSR count). The molecule has 0 radical (unpaired) electrons. The van der Waals surface area contributed by atoms with Crippen LogP contribution in [0, 0.1) is 17.6 Å². The van der Waals surface area contributed by atoms with E-state index in [4.69, 9.17) is 9.47 Å². The molecular formula is C15H18F2N2O3. The largest absolute Gasteiger partial charge is 0.489 e. The van der Waals surface area contributed by atoms with Crippen molar-refractivity contribution < 1.29 is 23.0 Å². The van der Waals surface area contributed by atoms with Crippen LogP contribution in [0.4, 0.5) is 19.3 Å². The van der Waals surface area contributed by atoms with Crippen LogP contribution < -0.4 is 9.64 Å². The smallest absolute Gasteiger partial charge is 0.324 e. The summed E-state index contributed by atoms with van der Waals surface area (Å²) in [5.41, 5.74) is 0.283. The molecule has 2 aliphatic heterocycles. The molecule has 0 bridgehead atoms. The molecule has 1 atom stereocenters. The molecule has 2 heterocycles. The van der Waals surface area contributed by atoms with E-state index in [2.05, 4.69) is 0 Å². The fourth-order valence-electron chi connectivity index (χ4n) is 2.96. The highest BCUT2D eigenvalue weighted by atomic mass is 19.2. The molecule has 0 aromatic heterocycles. The number of hydrogen-bond donors (Lipinski definition) is 0. The molecule has 120 valence electrons. The molecule has 7 heteroatoms. The average Bonchev–Trinajstić information content (AvgIpc) is 2.96. The molecule has 2 aliphatic rings. The van der Waals surface area contributed by atoms with Crippen molar-refractivity contribution in [2.24, 2.45) is 5.92 Å². The summed E-state index contributed by atoms with van der Waals surface area (Å²) in [4.78, 5) is 15.8. The van der Waals surface area contributed by atoms with Crippen molar-refractivity contribution in [1.29, 1.82) is 0 Å². The lowest BCUT2D eigenvalue weighted by Crippen LogP contribution is -2.46. The lowest BCUT2D eigenvalue weighted by Gasteiger charge is -2.32. The molecule has 0 saturated carbocycles. The minimum Gasteiger partial charge on any atom is -0.489 e. The third-order valence-electron chi connectivity index (χ3n) is 4.05. The predicted molar refractivity (Wildman–Crippen MR) is 76.2 cm³/mol. The summed E-state index contributed by atoms with van der Waals surface area (Å²) in [6, 6.07) is 1.81. The first-order valence-electron chi connectivity index (χ1n) is 7.27. The van der Waals surface area contributed by atoms with Gasteiger partial charge in [0, 0.05) is 38.2 Å². The van der Waals surface area contributed by atoms with Crippen LogP contribution in [0.1, 0.15) is 6.42 Å². The number of hydrogen-bond acceptors (Lipinski definition) is 3. The topological polar surface area (TPSA) is 42.0 Å². The number of ether oxygens (including phenoxy) is 2. The molecule has 1 aromatic rings. The molecule has 0 N–H and O–H groups in total. The number of carbonyl (C=O) groups excluding carboxylic acids is 1. The van der Waals surface area contributed by atoms with Gasteiger partial charge in [-0.1, -0.05) is 0 Å². The van der Waals surface area contributed by atoms with E-state index in [1.54, 1.807) is 12.0 Å². The number of amides is 2. The van der Waals surface area contributed by atoms with Gasteiger partial charge >= 0.3 is 6.03 Å². The van der Waals surface area contributed by atoms with Gasteiger partial charge < -0.3 is 14.4 Å². The summed E-state index contributed by atoms with van der Waals surface area (Å²) in [6.45, 7) is 2.46. The van der Waals surface area contributed by atoms with Gasteiger partial charge in [-0.05, 0) is 6.42 Å². The maximum Gasteiger partial charge on any atom is 0.324 e. The highest BCUT2D eigenvalue weighted by Crippen LogP contribution is 2.34. The van der Waals surface area contributed by atoms with Gasteiger partial charge in [0.25, 0.3) is 0 Å². The monoisotopic (exact) mass is 312 g/mol. The van der Waals surface area contributed by atoms with E-state index in [1.165, 1.54) is 4.90 Å². The normalized spacial score (nSPS) is 20.8. The number of fused-ring (bicyclic) bond motifs is 1. The van der Waals surface area contributed by atoms with Gasteiger partial charge in [0.2, 0.25) is 0 Å². The van der Waals surface area contributed by atoms with Crippen LogP contribution in [0.15, 0.2) is 12.1 Å². The van der Waals surface area contributed by atoms with Crippen LogP contribution in [0.25, 0.3) is 0 Å². The van der Waals surface area contributed by atoms with Crippen LogP contribution in [-0.4, -0.2) is 50.9 Å². The number of rotatable bonds is 2. The van der Waals surface area contributed by atoms with Crippen LogP contribution >= 0.6 is 0 Å². The molecule has 1 unspecified atom stereocenters. The zero-order valence-electron chi connectivity index (χ0n) is 12.3. The number of likely N-dealkylation sites (tertiary alicyclic amines) is 1. The van der Waals surface area contributed by atoms with Gasteiger partial charge in [-0.2, -0.15) is 0 Å². The second kappa shape index (κ2) is 6.08. The van der Waals surface area contributed by atoms with Crippen molar-refractivity contribution in [3.8, 4) is 5.75 Å². The summed E-state index contributed by atoms with van der Waals surface area (Å²) in [7, 11) is 1.64. The molecule has 1 saturated heterocycles. The Bertz CT molecular complexity index is 582. The number of halogens is 2. The average molecular weight is 312 g/mol. The Hall–Kier alpha value is -1.89. The van der Waals surface area contributed by atoms with E-state index in [9.17, 15) is 13.6 Å². The highest BCUT2D eigenvalue weighted by molar-refractivity contribution is 5.94. The molecule has 0 spiro atoms. The Kier molecular flexibility index (Phi) is 4.15. The Morgan fingerprint density at radius 2 is 2.14 bits per heavy atom. The van der Waals surface area contributed by atoms with Gasteiger partial charge in [0.05, 0.1) is 18.8 Å². The van der Waals surface area contributed by atoms with Crippen molar-refractivity contribution in [1.82, 2.24) is 4.90 Å². The first kappa shape index (κ1) is 15.0. The van der Waals surface area contributed by atoms with Crippen LogP contribution in [0.3, 0.4) is 0 Å². The first-order valence-corrected chi connectivity index (χ1v) is 7.27. The van der Waals surface area contributed by atoms with Crippen molar-refractivity contribution in [3.63, 3.8) is 0 Å². The molecule has 1 fully saturated rings. The van der Waals surface area contributed by atoms with Gasteiger partial charge in [-0.3, -0.25) is 4.90 Å². The molecule has 0 aliphatic carbocycles. The highest BCUT2D eigenvalue weighted by Gasteiger charge is 2.33. The number of methoxy groups -OCH3 is 1. The third kappa shape index (κ3) is 2.72. The van der Waals surface area contributed by atoms with Gasteiger partial charge in [0.15, 0.2) is 11.6 Å². The summed E-state index contributed by atoms with van der Waals surface area (Å²) >= 11 is 0. The quantitative estimate of drug-likeness (QED) is 0.841. The maximum atomic E-state index is 13.5. The van der Waals surface area contributed by atoms with Crippen LogP contribution in [0.2, 0.25) is 0 Å². The number of benzene rings is 1. The lowest BCUT2D eigenvalue weighted by molar-refractivity contribution is 0.154. The Morgan fingerprint density at radius 3 is 2.91 bits per heavy atom. The number of carbonyl (C=O) groups is 1. The zero-order valence-corrected chi connectivity index (χ0v) is 12.3. The van der Waals surface area contributed by atoms with Gasteiger partial charge in [-0.15, -0.1) is 0 Å². The van der Waals surface area contributed by atoms with Crippen molar-refractivity contribution in [2.75, 3.05) is 44.9 Å². The minimum atomic E-state index is -0.985. The second-order valence-electron chi connectivity index (χ2n) is 5.57. The van der Waals surface area contributed by atoms with Crippen molar-refractivity contribution in [3.05, 3.63) is 23.8 Å². The predicted octanol–water partition coefficient (Wildman–Crippen LogP) is 2.25. The summed E-state index contributed by atoms with van der Waals surface area (Å²) in [5, 5.41) is 0. The Morgan fingerprint density at radius 1 is 1.36 bits per heavy atom. The van der Waals surface area contributed by atoms with Crippen LogP contribution in [-0.2, 0) is 4.74 Å². The van der Waals surface area contributed by atoms with Gasteiger partial charge in [0.1, 0.15) is 12.4 Å². The van der Waals surface area contributed by atoms with E-state index < -0.39 is 11.6 Å². The van der Waals surface area contributed by atoms with E-state index in [0.717, 1.165) is 18.6 Å². The lowest BCUT2D eigenvalue weighted by atomic mass is 10.1. The van der Waals surface area contributed by atoms with Gasteiger partial charge in [-0.25, -0.2) is 13.6 Å². The molecule has 2 amide bonds. The van der Waals surface area contributed by atoms with Crippen LogP contribution in [0.5, 0.6) is 5.75 Å². The van der Waals surface area contributed by atoms with E-state index >= 15 is 0 Å². The summed E-state index contributed by atoms with van der Waals surface area (Å²) in [5.74, 6) is -1.44. The number of anilines is 1. The minimum absolute atomic E-state index is 0.200. The number of urea groups is 1. The fourth-order valence-corrected chi connectivity index (χ4v) is 2.96. The zero-order chi connectivity index (χ0) is 15.7. The molecular weight excluding hydrogens is 294 g/mol. The van der Waals surface area contributed by atoms with E-state index in [1.807, 2.05) is 0 Å². The van der Waals surface area contributed by atoms with Crippen molar-refractivity contribution >= 4 is 11.7 Å². The van der Waals surface area contributed by atoms with E-state index in [0.29, 0.717) is 32.2 Å². The van der Waals surface area contributed by atoms with Crippen molar-refractivity contribution in [2.45, 2.75) is 6.42 Å². The first-order chi connectivity index (χ1) is 10.6. The summed E-state index contributed by atoms with van der Waals surface area (Å²) in [6.07, 6.45) is 0.883. The molecule has 1 aromatic carbocycles. The number of nitrogens with zero attached hydrogens (tertiary/aromatic N) is 2.